The number of aromatic nitrogens is 3. The first kappa shape index (κ1) is 15.0. The van der Waals surface area contributed by atoms with Crippen LogP contribution in [0.15, 0.2) is 48.9 Å². The molecule has 3 rings (SSSR count). The van der Waals surface area contributed by atoms with Gasteiger partial charge < -0.3 is 5.32 Å². The van der Waals surface area contributed by atoms with Gasteiger partial charge in [-0.25, -0.2) is 9.97 Å². The monoisotopic (exact) mass is 320 g/mol. The summed E-state index contributed by atoms with van der Waals surface area (Å²) in [5, 5.41) is 2.21. The molecule has 3 aromatic rings. The lowest BCUT2D eigenvalue weighted by atomic mass is 10.1. The van der Waals surface area contributed by atoms with Crippen LogP contribution < -0.4 is 5.32 Å². The van der Waals surface area contributed by atoms with E-state index in [0.717, 1.165) is 5.56 Å². The van der Waals surface area contributed by atoms with E-state index in [1.165, 1.54) is 12.1 Å². The lowest BCUT2D eigenvalue weighted by molar-refractivity contribution is -0.150. The molecule has 2 aromatic heterocycles. The number of hydrogen-bond acceptors (Lipinski definition) is 3. The van der Waals surface area contributed by atoms with E-state index in [9.17, 15) is 18.0 Å². The minimum atomic E-state index is -4.52. The second-order valence-corrected chi connectivity index (χ2v) is 4.87. The number of amides is 1. The SMILES string of the molecule is O=C(CC(F)(F)F)Nc1ccc(-c2cn3cccnc3n2)cc1. The molecule has 1 aromatic carbocycles. The van der Waals surface area contributed by atoms with Crippen molar-refractivity contribution in [2.24, 2.45) is 0 Å². The number of hydrogen-bond donors (Lipinski definition) is 1. The predicted octanol–water partition coefficient (Wildman–Crippen LogP) is 3.29. The van der Waals surface area contributed by atoms with Crippen LogP contribution in [0.1, 0.15) is 6.42 Å². The van der Waals surface area contributed by atoms with Gasteiger partial charge in [0.05, 0.1) is 5.69 Å². The largest absolute Gasteiger partial charge is 0.397 e. The van der Waals surface area contributed by atoms with Crippen LogP contribution in [0.25, 0.3) is 17.0 Å². The van der Waals surface area contributed by atoms with Crippen LogP contribution in [-0.4, -0.2) is 26.5 Å². The van der Waals surface area contributed by atoms with Crippen molar-refractivity contribution in [3.8, 4) is 11.3 Å². The minimum Gasteiger partial charge on any atom is -0.326 e. The van der Waals surface area contributed by atoms with E-state index in [1.54, 1.807) is 35.0 Å². The number of nitrogens with zero attached hydrogens (tertiary/aromatic N) is 3. The maximum Gasteiger partial charge on any atom is 0.397 e. The zero-order valence-electron chi connectivity index (χ0n) is 11.7. The number of anilines is 1. The highest BCUT2D eigenvalue weighted by Gasteiger charge is 2.31. The molecule has 0 saturated heterocycles. The van der Waals surface area contributed by atoms with Gasteiger partial charge in [0, 0.05) is 29.8 Å². The summed E-state index contributed by atoms with van der Waals surface area (Å²) in [6.45, 7) is 0. The molecule has 1 N–H and O–H groups in total. The Hall–Kier alpha value is -2.90. The Kier molecular flexibility index (Phi) is 3.73. The molecule has 0 fully saturated rings. The van der Waals surface area contributed by atoms with Crippen LogP contribution >= 0.6 is 0 Å². The Balaban J connectivity index is 1.75. The summed E-state index contributed by atoms with van der Waals surface area (Å²) in [5.41, 5.74) is 1.74. The molecule has 0 radical (unpaired) electrons. The van der Waals surface area contributed by atoms with Gasteiger partial charge in [0.2, 0.25) is 11.7 Å². The molecule has 0 bridgehead atoms. The number of fused-ring (bicyclic) bond motifs is 1. The van der Waals surface area contributed by atoms with Gasteiger partial charge >= 0.3 is 6.18 Å². The predicted molar refractivity (Wildman–Crippen MR) is 77.7 cm³/mol. The number of carbonyl (C=O) groups excluding carboxylic acids is 1. The summed E-state index contributed by atoms with van der Waals surface area (Å²) in [6.07, 6.45) is -0.796. The molecule has 0 atom stereocenters. The third-order valence-corrected chi connectivity index (χ3v) is 3.06. The number of rotatable bonds is 3. The molecule has 0 saturated carbocycles. The number of benzene rings is 1. The average molecular weight is 320 g/mol. The fourth-order valence-corrected chi connectivity index (χ4v) is 2.08. The van der Waals surface area contributed by atoms with E-state index in [2.05, 4.69) is 15.3 Å². The van der Waals surface area contributed by atoms with Crippen LogP contribution in [0.5, 0.6) is 0 Å². The van der Waals surface area contributed by atoms with Crippen LogP contribution in [0.3, 0.4) is 0 Å². The molecule has 0 unspecified atom stereocenters. The highest BCUT2D eigenvalue weighted by molar-refractivity contribution is 5.91. The van der Waals surface area contributed by atoms with Gasteiger partial charge in [-0.3, -0.25) is 9.20 Å². The molecule has 118 valence electrons. The Bertz CT molecular complexity index is 807. The molecular weight excluding hydrogens is 309 g/mol. The second-order valence-electron chi connectivity index (χ2n) is 4.87. The third kappa shape index (κ3) is 3.65. The maximum atomic E-state index is 12.1. The fraction of sp³-hybridized carbons (Fsp3) is 0.133. The van der Waals surface area contributed by atoms with Crippen LogP contribution in [0, 0.1) is 0 Å². The van der Waals surface area contributed by atoms with Crippen molar-refractivity contribution in [1.29, 1.82) is 0 Å². The van der Waals surface area contributed by atoms with Crippen LogP contribution in [-0.2, 0) is 4.79 Å². The summed E-state index contributed by atoms with van der Waals surface area (Å²) >= 11 is 0. The first-order chi connectivity index (χ1) is 10.9. The third-order valence-electron chi connectivity index (χ3n) is 3.06. The smallest absolute Gasteiger partial charge is 0.326 e. The molecule has 0 aliphatic rings. The van der Waals surface area contributed by atoms with Crippen molar-refractivity contribution >= 4 is 17.4 Å². The lowest BCUT2D eigenvalue weighted by Crippen LogP contribution is -2.21. The molecule has 8 heteroatoms. The fourth-order valence-electron chi connectivity index (χ4n) is 2.08. The van der Waals surface area contributed by atoms with Crippen molar-refractivity contribution < 1.29 is 18.0 Å². The Morgan fingerprint density at radius 3 is 2.61 bits per heavy atom. The van der Waals surface area contributed by atoms with Crippen molar-refractivity contribution in [1.82, 2.24) is 14.4 Å². The number of halogens is 3. The van der Waals surface area contributed by atoms with Gasteiger partial charge in [-0.05, 0) is 18.2 Å². The Labute approximate surface area is 128 Å². The molecule has 2 heterocycles. The lowest BCUT2D eigenvalue weighted by Gasteiger charge is -2.08. The van der Waals surface area contributed by atoms with Crippen LogP contribution in [0.2, 0.25) is 0 Å². The topological polar surface area (TPSA) is 59.3 Å². The summed E-state index contributed by atoms with van der Waals surface area (Å²) in [6, 6.07) is 8.18. The number of imidazole rings is 1. The summed E-state index contributed by atoms with van der Waals surface area (Å²) < 4.78 is 38.1. The molecule has 0 spiro atoms. The van der Waals surface area contributed by atoms with Crippen molar-refractivity contribution in [2.45, 2.75) is 12.6 Å². The normalized spacial score (nSPS) is 11.6. The van der Waals surface area contributed by atoms with Gasteiger partial charge in [0.1, 0.15) is 6.42 Å². The zero-order chi connectivity index (χ0) is 16.4. The van der Waals surface area contributed by atoms with Gasteiger partial charge in [-0.2, -0.15) is 13.2 Å². The molecule has 0 aliphatic carbocycles. The highest BCUT2D eigenvalue weighted by Crippen LogP contribution is 2.23. The zero-order valence-corrected chi connectivity index (χ0v) is 11.7. The number of alkyl halides is 3. The molecule has 0 aliphatic heterocycles. The summed E-state index contributed by atoms with van der Waals surface area (Å²) in [4.78, 5) is 19.7. The molecular formula is C15H11F3N4O. The summed E-state index contributed by atoms with van der Waals surface area (Å²) in [5.74, 6) is -0.549. The van der Waals surface area contributed by atoms with Crippen molar-refractivity contribution in [3.05, 3.63) is 48.9 Å². The van der Waals surface area contributed by atoms with E-state index in [4.69, 9.17) is 0 Å². The minimum absolute atomic E-state index is 0.296. The maximum absolute atomic E-state index is 12.1. The second kappa shape index (κ2) is 5.71. The van der Waals surface area contributed by atoms with E-state index in [1.807, 2.05) is 6.20 Å². The van der Waals surface area contributed by atoms with Gasteiger partial charge in [0.25, 0.3) is 0 Å². The molecule has 23 heavy (non-hydrogen) atoms. The molecule has 1 amide bonds. The quantitative estimate of drug-likeness (QED) is 0.805. The summed E-state index contributed by atoms with van der Waals surface area (Å²) in [7, 11) is 0. The van der Waals surface area contributed by atoms with Crippen molar-refractivity contribution in [3.63, 3.8) is 0 Å². The van der Waals surface area contributed by atoms with E-state index in [-0.39, 0.29) is 0 Å². The van der Waals surface area contributed by atoms with Crippen molar-refractivity contribution in [2.75, 3.05) is 5.32 Å². The van der Waals surface area contributed by atoms with E-state index in [0.29, 0.717) is 17.2 Å². The first-order valence-corrected chi connectivity index (χ1v) is 6.67. The highest BCUT2D eigenvalue weighted by atomic mass is 19.4. The number of carbonyl (C=O) groups is 1. The van der Waals surface area contributed by atoms with Gasteiger partial charge in [-0.1, -0.05) is 12.1 Å². The van der Waals surface area contributed by atoms with E-state index < -0.39 is 18.5 Å². The molecule has 5 nitrogen and oxygen atoms in total. The van der Waals surface area contributed by atoms with Gasteiger partial charge in [-0.15, -0.1) is 0 Å². The van der Waals surface area contributed by atoms with Crippen LogP contribution in [0.4, 0.5) is 18.9 Å². The van der Waals surface area contributed by atoms with E-state index >= 15 is 0 Å². The Morgan fingerprint density at radius 2 is 1.96 bits per heavy atom. The first-order valence-electron chi connectivity index (χ1n) is 6.67. The Morgan fingerprint density at radius 1 is 1.22 bits per heavy atom. The number of nitrogens with one attached hydrogen (secondary N) is 1. The average Bonchev–Trinajstić information content (AvgIpc) is 2.89. The standard InChI is InChI=1S/C15H11F3N4O/c16-15(17,18)8-13(23)20-11-4-2-10(3-5-11)12-9-22-7-1-6-19-14(22)21-12/h1-7,9H,8H2,(H,20,23). The van der Waals surface area contributed by atoms with Gasteiger partial charge in [0.15, 0.2) is 0 Å².